The van der Waals surface area contributed by atoms with E-state index in [0.717, 1.165) is 61.6 Å². The largest absolute Gasteiger partial charge is 0.481 e. The Hall–Kier alpha value is -3.40. The highest BCUT2D eigenvalue weighted by molar-refractivity contribution is 7.61. The van der Waals surface area contributed by atoms with Crippen molar-refractivity contribution in [2.75, 3.05) is 25.6 Å². The van der Waals surface area contributed by atoms with Crippen LogP contribution in [0, 0.1) is 5.92 Å². The van der Waals surface area contributed by atoms with E-state index in [1.807, 2.05) is 0 Å². The van der Waals surface area contributed by atoms with Crippen molar-refractivity contribution in [3.63, 3.8) is 0 Å². The molecule has 1 fully saturated rings. The number of carbonyl (C=O) groups is 2. The van der Waals surface area contributed by atoms with Gasteiger partial charge in [-0.1, -0.05) is 185 Å². The number of nitrogens with zero attached hydrogens (tertiary/aromatic N) is 2. The first kappa shape index (κ1) is 68.7. The van der Waals surface area contributed by atoms with Crippen molar-refractivity contribution in [3.8, 4) is 0 Å². The Morgan fingerprint density at radius 2 is 1.25 bits per heavy atom. The first-order valence-electron chi connectivity index (χ1n) is 27.3. The van der Waals surface area contributed by atoms with Crippen LogP contribution in [-0.2, 0) is 46.3 Å². The number of nitrogens with two attached hydrogens (primary N) is 1. The zero-order chi connectivity index (χ0) is 56.2. The van der Waals surface area contributed by atoms with E-state index in [2.05, 4.69) is 30.1 Å². The van der Waals surface area contributed by atoms with Gasteiger partial charge >= 0.3 is 33.3 Å². The number of hydrogen-bond acceptors (Lipinski definition) is 18. The van der Waals surface area contributed by atoms with Gasteiger partial charge < -0.3 is 55.3 Å². The van der Waals surface area contributed by atoms with Crippen LogP contribution in [0.2, 0.25) is 0 Å². The normalized spacial score (nSPS) is 20.4. The smallest absolute Gasteiger partial charge is 0.462 e. The van der Waals surface area contributed by atoms with Gasteiger partial charge in [0.1, 0.15) is 30.7 Å². The summed E-state index contributed by atoms with van der Waals surface area (Å²) in [5.74, 6) is -0.854. The Balaban J connectivity index is 1.86. The van der Waals surface area contributed by atoms with Crippen molar-refractivity contribution in [1.29, 1.82) is 0 Å². The van der Waals surface area contributed by atoms with Gasteiger partial charge in [-0.3, -0.25) is 23.2 Å². The Morgan fingerprint density at radius 3 is 1.84 bits per heavy atom. The standard InChI is InChI=1S/C53H91N3O18P2/c1-4-5-23-30-42(57)31-25-20-17-18-21-26-32-44(58)45(59)33-28-35-49(61)72-43(38-69-48(60)34-27-22-16-14-12-10-8-6-7-9-11-13-15-19-24-29-41(2)3)39-70-75(65,66)74-76(67,68)71-40-46-50(62)51(63)52(73-46)56-37-36-47(54)55-53(56)64/h17-18,20-21,25-26,31-32,36-37,41-46,50-52,57-59,62-63H,4-16,19,22-24,27-30,33-35,38-40H2,1-3H3,(H,65,66)(H,67,68)(H2,54,55,64)/b20-17-,21-18+,31-25+,32-26+/t42-,43+,44-,45-,46+,50+,51+,52+/m0/s1. The van der Waals surface area contributed by atoms with Crippen molar-refractivity contribution in [1.82, 2.24) is 9.55 Å². The number of aliphatic hydroxyl groups excluding tert-OH is 5. The van der Waals surface area contributed by atoms with Crippen LogP contribution >= 0.6 is 15.6 Å². The van der Waals surface area contributed by atoms with E-state index in [4.69, 9.17) is 29.0 Å². The molecule has 23 heteroatoms. The van der Waals surface area contributed by atoms with Gasteiger partial charge in [0.25, 0.3) is 0 Å². The summed E-state index contributed by atoms with van der Waals surface area (Å²) in [5, 5.41) is 51.7. The number of allylic oxidation sites excluding steroid dienone is 6. The second-order valence-electron chi connectivity index (χ2n) is 19.8. The van der Waals surface area contributed by atoms with Crippen LogP contribution in [0.25, 0.3) is 0 Å². The molecule has 1 aromatic heterocycles. The minimum Gasteiger partial charge on any atom is -0.462 e. The molecule has 0 aliphatic carbocycles. The molecule has 0 amide bonds. The number of rotatable bonds is 44. The average molecular weight is 1120 g/mol. The SMILES string of the molecule is CCCCC[C@H](O)/C=C/C=C\C=C\C=C\[C@H](O)[C@@H](O)CCCC(=O)O[C@H](COC(=O)CCCCCCCCCCCCCCCCCC(C)C)COP(=O)(O)OP(=O)(O)OC[C@H]1O[C@@H](n2ccc(N)nc2=O)[C@H](O)[C@@H]1O. The summed E-state index contributed by atoms with van der Waals surface area (Å²) in [5.41, 5.74) is 4.56. The zero-order valence-corrected chi connectivity index (χ0v) is 46.8. The second kappa shape index (κ2) is 39.9. The highest BCUT2D eigenvalue weighted by Gasteiger charge is 2.46. The minimum absolute atomic E-state index is 0.0315. The number of phosphoric ester groups is 2. The van der Waals surface area contributed by atoms with Crippen LogP contribution < -0.4 is 11.4 Å². The molecule has 2 heterocycles. The van der Waals surface area contributed by atoms with Crippen LogP contribution in [0.5, 0.6) is 0 Å². The molecule has 9 N–H and O–H groups in total. The molecule has 76 heavy (non-hydrogen) atoms. The van der Waals surface area contributed by atoms with Crippen LogP contribution in [0.1, 0.15) is 181 Å². The van der Waals surface area contributed by atoms with E-state index in [0.29, 0.717) is 12.8 Å². The maximum absolute atomic E-state index is 12.9. The average Bonchev–Trinajstić information content (AvgIpc) is 3.64. The third-order valence-corrected chi connectivity index (χ3v) is 15.1. The highest BCUT2D eigenvalue weighted by Crippen LogP contribution is 2.60. The summed E-state index contributed by atoms with van der Waals surface area (Å²) in [6.45, 7) is 4.06. The molecule has 1 aromatic rings. The van der Waals surface area contributed by atoms with Gasteiger partial charge in [0.2, 0.25) is 0 Å². The van der Waals surface area contributed by atoms with Crippen molar-refractivity contribution >= 4 is 33.4 Å². The van der Waals surface area contributed by atoms with Gasteiger partial charge in [0, 0.05) is 19.0 Å². The molecule has 21 nitrogen and oxygen atoms in total. The Kier molecular flexibility index (Phi) is 36.1. The second-order valence-corrected chi connectivity index (χ2v) is 22.8. The number of aromatic nitrogens is 2. The van der Waals surface area contributed by atoms with E-state index in [-0.39, 0.29) is 31.5 Å². The fraction of sp³-hybridized carbons (Fsp3) is 0.736. The van der Waals surface area contributed by atoms with Gasteiger partial charge in [-0.05, 0) is 37.7 Å². The monoisotopic (exact) mass is 1120 g/mol. The number of aliphatic hydroxyl groups is 5. The van der Waals surface area contributed by atoms with E-state index in [1.54, 1.807) is 36.5 Å². The Bertz CT molecular complexity index is 2030. The number of phosphoric acid groups is 2. The molecule has 2 rings (SSSR count). The topological polar surface area (TPSA) is 326 Å². The molecule has 0 spiro atoms. The summed E-state index contributed by atoms with van der Waals surface area (Å²) in [6, 6.07) is 1.23. The first-order valence-corrected chi connectivity index (χ1v) is 30.3. The molecular formula is C53H91N3O18P2. The molecule has 2 unspecified atom stereocenters. The van der Waals surface area contributed by atoms with E-state index in [1.165, 1.54) is 88.8 Å². The molecule has 0 radical (unpaired) electrons. The fourth-order valence-electron chi connectivity index (χ4n) is 8.06. The van der Waals surface area contributed by atoms with Crippen LogP contribution in [0.15, 0.2) is 65.7 Å². The van der Waals surface area contributed by atoms with Gasteiger partial charge in [0.05, 0.1) is 31.5 Å². The Labute approximate surface area is 449 Å². The van der Waals surface area contributed by atoms with Crippen LogP contribution in [0.3, 0.4) is 0 Å². The molecule has 1 aliphatic heterocycles. The van der Waals surface area contributed by atoms with Gasteiger partial charge in [-0.25, -0.2) is 13.9 Å². The summed E-state index contributed by atoms with van der Waals surface area (Å²) in [7, 11) is -11.0. The minimum atomic E-state index is -5.52. The number of carbonyl (C=O) groups excluding carboxylic acids is 2. The maximum atomic E-state index is 12.9. The lowest BCUT2D eigenvalue weighted by molar-refractivity contribution is -0.161. The lowest BCUT2D eigenvalue weighted by atomic mass is 10.0. The molecule has 10 atom stereocenters. The summed E-state index contributed by atoms with van der Waals surface area (Å²) in [4.78, 5) is 62.1. The number of ether oxygens (including phenoxy) is 3. The summed E-state index contributed by atoms with van der Waals surface area (Å²) in [6.07, 6.45) is 25.4. The molecule has 1 saturated heterocycles. The molecule has 436 valence electrons. The van der Waals surface area contributed by atoms with E-state index in [9.17, 15) is 58.8 Å². The van der Waals surface area contributed by atoms with Gasteiger partial charge in [0.15, 0.2) is 12.3 Å². The third-order valence-electron chi connectivity index (χ3n) is 12.5. The fourth-order valence-corrected chi connectivity index (χ4v) is 10.2. The zero-order valence-electron chi connectivity index (χ0n) is 45.0. The number of esters is 2. The number of anilines is 1. The maximum Gasteiger partial charge on any atom is 0.481 e. The van der Waals surface area contributed by atoms with Crippen molar-refractivity contribution in [2.24, 2.45) is 5.92 Å². The lowest BCUT2D eigenvalue weighted by Crippen LogP contribution is -2.36. The van der Waals surface area contributed by atoms with E-state index < -0.39 is 102 Å². The van der Waals surface area contributed by atoms with Crippen LogP contribution in [-0.4, -0.2) is 119 Å². The number of hydrogen-bond donors (Lipinski definition) is 8. The van der Waals surface area contributed by atoms with Crippen molar-refractivity contribution in [3.05, 3.63) is 71.4 Å². The van der Waals surface area contributed by atoms with Crippen molar-refractivity contribution < 1.29 is 81.6 Å². The molecule has 0 aromatic carbocycles. The predicted molar refractivity (Wildman–Crippen MR) is 288 cm³/mol. The lowest BCUT2D eigenvalue weighted by Gasteiger charge is -2.21. The first-order chi connectivity index (χ1) is 36.2. The summed E-state index contributed by atoms with van der Waals surface area (Å²) >= 11 is 0. The summed E-state index contributed by atoms with van der Waals surface area (Å²) < 4.78 is 56.6. The number of nitrogen functional groups attached to an aromatic ring is 1. The molecule has 1 aliphatic rings. The quantitative estimate of drug-likeness (QED) is 0.0131. The molecule has 0 bridgehead atoms. The molecule has 0 saturated carbocycles. The van der Waals surface area contributed by atoms with Crippen LogP contribution in [0.4, 0.5) is 5.82 Å². The van der Waals surface area contributed by atoms with Crippen molar-refractivity contribution in [2.45, 2.75) is 224 Å². The molecular weight excluding hydrogens is 1030 g/mol. The third kappa shape index (κ3) is 32.5. The van der Waals surface area contributed by atoms with Gasteiger partial charge in [-0.2, -0.15) is 9.29 Å². The Morgan fingerprint density at radius 1 is 0.711 bits per heavy atom. The highest BCUT2D eigenvalue weighted by atomic mass is 31.3. The predicted octanol–water partition coefficient (Wildman–Crippen LogP) is 8.50. The van der Waals surface area contributed by atoms with E-state index >= 15 is 0 Å². The van der Waals surface area contributed by atoms with Gasteiger partial charge in [-0.15, -0.1) is 0 Å². The number of unbranched alkanes of at least 4 members (excludes halogenated alkanes) is 16.